The van der Waals surface area contributed by atoms with Crippen molar-refractivity contribution in [2.24, 2.45) is 0 Å². The lowest BCUT2D eigenvalue weighted by molar-refractivity contribution is -0.138. The highest BCUT2D eigenvalue weighted by atomic mass is 16.2. The largest absolute Gasteiger partial charge is 0.344 e. The molecular weight excluding hydrogens is 230 g/mol. The summed E-state index contributed by atoms with van der Waals surface area (Å²) < 4.78 is 0. The van der Waals surface area contributed by atoms with E-state index in [1.165, 1.54) is 0 Å². The Morgan fingerprint density at radius 3 is 2.78 bits per heavy atom. The molecule has 5 heteroatoms. The lowest BCUT2D eigenvalue weighted by atomic mass is 10.2. The van der Waals surface area contributed by atoms with Crippen LogP contribution in [-0.2, 0) is 9.59 Å². The van der Waals surface area contributed by atoms with Crippen molar-refractivity contribution < 1.29 is 9.59 Å². The Morgan fingerprint density at radius 2 is 2.11 bits per heavy atom. The third kappa shape index (κ3) is 5.04. The minimum atomic E-state index is 0.0427. The molecule has 18 heavy (non-hydrogen) atoms. The fourth-order valence-electron chi connectivity index (χ4n) is 1.99. The molecule has 0 unspecified atom stereocenters. The van der Waals surface area contributed by atoms with Gasteiger partial charge in [-0.2, -0.15) is 0 Å². The zero-order valence-electron chi connectivity index (χ0n) is 11.7. The van der Waals surface area contributed by atoms with Crippen LogP contribution in [0.5, 0.6) is 0 Å². The third-order valence-electron chi connectivity index (χ3n) is 3.15. The van der Waals surface area contributed by atoms with Crippen LogP contribution in [0.4, 0.5) is 0 Å². The standard InChI is InChI=1S/C13H25N3O2/c1-11(2)14-7-4-6-12(17)16-9-5-8-15(3)13(18)10-16/h11,14H,4-10H2,1-3H3. The normalized spacial score (nSPS) is 17.2. The van der Waals surface area contributed by atoms with Crippen LogP contribution in [0.25, 0.3) is 0 Å². The quantitative estimate of drug-likeness (QED) is 0.726. The number of carbonyl (C=O) groups is 2. The second-order valence-corrected chi connectivity index (χ2v) is 5.20. The minimum Gasteiger partial charge on any atom is -0.344 e. The van der Waals surface area contributed by atoms with E-state index in [1.54, 1.807) is 16.8 Å². The van der Waals surface area contributed by atoms with Crippen molar-refractivity contribution in [1.29, 1.82) is 0 Å². The molecule has 1 aliphatic rings. The molecule has 5 nitrogen and oxygen atoms in total. The molecule has 0 radical (unpaired) electrons. The lowest BCUT2D eigenvalue weighted by Crippen LogP contribution is -2.38. The van der Waals surface area contributed by atoms with Gasteiger partial charge >= 0.3 is 0 Å². The molecule has 0 aromatic heterocycles. The lowest BCUT2D eigenvalue weighted by Gasteiger charge is -2.20. The summed E-state index contributed by atoms with van der Waals surface area (Å²) >= 11 is 0. The molecular formula is C13H25N3O2. The molecule has 1 fully saturated rings. The summed E-state index contributed by atoms with van der Waals surface area (Å²) in [4.78, 5) is 27.0. The highest BCUT2D eigenvalue weighted by Gasteiger charge is 2.22. The maximum atomic E-state index is 12.0. The number of carbonyl (C=O) groups excluding carboxylic acids is 2. The SMILES string of the molecule is CC(C)NCCCC(=O)N1CCCN(C)C(=O)C1. The van der Waals surface area contributed by atoms with Gasteiger partial charge in [-0.25, -0.2) is 0 Å². The van der Waals surface area contributed by atoms with E-state index in [0.29, 0.717) is 19.0 Å². The van der Waals surface area contributed by atoms with Crippen molar-refractivity contribution in [2.75, 3.05) is 33.2 Å². The number of hydrogen-bond acceptors (Lipinski definition) is 3. The predicted octanol–water partition coefficient (Wildman–Crippen LogP) is 0.455. The van der Waals surface area contributed by atoms with E-state index in [-0.39, 0.29) is 18.4 Å². The number of likely N-dealkylation sites (N-methyl/N-ethyl adjacent to an activating group) is 1. The van der Waals surface area contributed by atoms with Gasteiger partial charge in [-0.3, -0.25) is 9.59 Å². The van der Waals surface area contributed by atoms with Crippen LogP contribution in [0, 0.1) is 0 Å². The Labute approximate surface area is 110 Å². The van der Waals surface area contributed by atoms with Crippen LogP contribution in [0.15, 0.2) is 0 Å². The number of nitrogens with one attached hydrogen (secondary N) is 1. The van der Waals surface area contributed by atoms with E-state index >= 15 is 0 Å². The molecule has 1 saturated heterocycles. The van der Waals surface area contributed by atoms with Crippen molar-refractivity contribution in [2.45, 2.75) is 39.2 Å². The van der Waals surface area contributed by atoms with Crippen molar-refractivity contribution in [3.63, 3.8) is 0 Å². The highest BCUT2D eigenvalue weighted by molar-refractivity contribution is 5.85. The number of hydrogen-bond donors (Lipinski definition) is 1. The van der Waals surface area contributed by atoms with Gasteiger partial charge in [0.05, 0.1) is 6.54 Å². The third-order valence-corrected chi connectivity index (χ3v) is 3.15. The first kappa shape index (κ1) is 15.0. The van der Waals surface area contributed by atoms with Gasteiger partial charge in [0.1, 0.15) is 0 Å². The Balaban J connectivity index is 2.30. The van der Waals surface area contributed by atoms with Crippen molar-refractivity contribution >= 4 is 11.8 Å². The molecule has 0 saturated carbocycles. The monoisotopic (exact) mass is 255 g/mol. The zero-order chi connectivity index (χ0) is 13.5. The van der Waals surface area contributed by atoms with E-state index in [9.17, 15) is 9.59 Å². The smallest absolute Gasteiger partial charge is 0.241 e. The first-order valence-corrected chi connectivity index (χ1v) is 6.76. The summed E-state index contributed by atoms with van der Waals surface area (Å²) in [7, 11) is 1.79. The second-order valence-electron chi connectivity index (χ2n) is 5.20. The number of rotatable bonds is 5. The van der Waals surface area contributed by atoms with Crippen LogP contribution >= 0.6 is 0 Å². The van der Waals surface area contributed by atoms with Gasteiger partial charge < -0.3 is 15.1 Å². The molecule has 0 spiro atoms. The zero-order valence-corrected chi connectivity index (χ0v) is 11.7. The molecule has 1 heterocycles. The molecule has 0 aromatic carbocycles. The van der Waals surface area contributed by atoms with Gasteiger partial charge in [-0.1, -0.05) is 13.8 Å². The van der Waals surface area contributed by atoms with Gasteiger partial charge in [-0.15, -0.1) is 0 Å². The molecule has 1 aliphatic heterocycles. The van der Waals surface area contributed by atoms with E-state index in [2.05, 4.69) is 19.2 Å². The summed E-state index contributed by atoms with van der Waals surface area (Å²) in [5.41, 5.74) is 0. The maximum absolute atomic E-state index is 12.0. The van der Waals surface area contributed by atoms with Crippen LogP contribution in [0.3, 0.4) is 0 Å². The molecule has 0 aliphatic carbocycles. The Bertz CT molecular complexity index is 292. The van der Waals surface area contributed by atoms with Gasteiger partial charge in [0.2, 0.25) is 11.8 Å². The summed E-state index contributed by atoms with van der Waals surface area (Å²) in [5.74, 6) is 0.144. The Morgan fingerprint density at radius 1 is 1.39 bits per heavy atom. The van der Waals surface area contributed by atoms with Crippen molar-refractivity contribution in [3.05, 3.63) is 0 Å². The summed E-state index contributed by atoms with van der Waals surface area (Å²) in [6.07, 6.45) is 2.23. The first-order valence-electron chi connectivity index (χ1n) is 6.76. The summed E-state index contributed by atoms with van der Waals surface area (Å²) in [6.45, 7) is 6.72. The summed E-state index contributed by atoms with van der Waals surface area (Å²) in [5, 5.41) is 3.29. The van der Waals surface area contributed by atoms with Gasteiger partial charge in [0, 0.05) is 32.6 Å². The van der Waals surface area contributed by atoms with Gasteiger partial charge in [0.25, 0.3) is 0 Å². The van der Waals surface area contributed by atoms with Gasteiger partial charge in [0.15, 0.2) is 0 Å². The first-order chi connectivity index (χ1) is 8.50. The Kier molecular flexibility index (Phi) is 6.12. The van der Waals surface area contributed by atoms with E-state index < -0.39 is 0 Å². The molecule has 0 aromatic rings. The molecule has 2 amide bonds. The van der Waals surface area contributed by atoms with Crippen LogP contribution in [0.2, 0.25) is 0 Å². The van der Waals surface area contributed by atoms with E-state index in [4.69, 9.17) is 0 Å². The fraction of sp³-hybridized carbons (Fsp3) is 0.846. The summed E-state index contributed by atoms with van der Waals surface area (Å²) in [6, 6.07) is 0.452. The van der Waals surface area contributed by atoms with Crippen molar-refractivity contribution in [3.8, 4) is 0 Å². The Hall–Kier alpha value is -1.10. The molecule has 1 rings (SSSR count). The van der Waals surface area contributed by atoms with E-state index in [1.807, 2.05) is 0 Å². The average Bonchev–Trinajstić information content (AvgIpc) is 2.47. The second kappa shape index (κ2) is 7.36. The average molecular weight is 255 g/mol. The van der Waals surface area contributed by atoms with Crippen LogP contribution in [0.1, 0.15) is 33.1 Å². The predicted molar refractivity (Wildman–Crippen MR) is 71.2 cm³/mol. The number of nitrogens with zero attached hydrogens (tertiary/aromatic N) is 2. The highest BCUT2D eigenvalue weighted by Crippen LogP contribution is 2.05. The van der Waals surface area contributed by atoms with Crippen molar-refractivity contribution in [1.82, 2.24) is 15.1 Å². The maximum Gasteiger partial charge on any atom is 0.241 e. The molecule has 1 N–H and O–H groups in total. The number of amides is 2. The topological polar surface area (TPSA) is 52.7 Å². The molecule has 0 bridgehead atoms. The fourth-order valence-corrected chi connectivity index (χ4v) is 1.99. The van der Waals surface area contributed by atoms with Gasteiger partial charge in [-0.05, 0) is 19.4 Å². The molecule has 0 atom stereocenters. The molecule has 104 valence electrons. The van der Waals surface area contributed by atoms with Crippen LogP contribution < -0.4 is 5.32 Å². The minimum absolute atomic E-state index is 0.0427. The van der Waals surface area contributed by atoms with Crippen LogP contribution in [-0.4, -0.2) is 60.9 Å². The van der Waals surface area contributed by atoms with E-state index in [0.717, 1.165) is 25.9 Å².